The lowest BCUT2D eigenvalue weighted by atomic mass is 9.87. The molecule has 0 unspecified atom stereocenters. The summed E-state index contributed by atoms with van der Waals surface area (Å²) in [7, 11) is -0.495. The minimum absolute atomic E-state index is 0.136. The van der Waals surface area contributed by atoms with Gasteiger partial charge < -0.3 is 10.2 Å². The van der Waals surface area contributed by atoms with E-state index in [1.54, 1.807) is 23.9 Å². The molecule has 1 heterocycles. The molecular formula is C43H48ClN5O5S2. The van der Waals surface area contributed by atoms with Gasteiger partial charge in [0.2, 0.25) is 0 Å². The number of carbonyl (C=O) groups excluding carboxylic acids is 1. The first-order valence-electron chi connectivity index (χ1n) is 18.9. The maximum atomic E-state index is 13.4. The number of allylic oxidation sites excluding steroid dienone is 1. The Labute approximate surface area is 339 Å². The summed E-state index contributed by atoms with van der Waals surface area (Å²) in [5.41, 5.74) is 6.35. The molecule has 2 aliphatic rings. The number of nitrogens with zero attached hydrogens (tertiary/aromatic N) is 3. The maximum Gasteiger partial charge on any atom is 0.293 e. The molecule has 0 radical (unpaired) electrons. The molecule has 2 N–H and O–H groups in total. The normalized spacial score (nSPS) is 15.7. The molecule has 294 valence electrons. The summed E-state index contributed by atoms with van der Waals surface area (Å²) in [6.45, 7) is 3.41. The summed E-state index contributed by atoms with van der Waals surface area (Å²) in [4.78, 5) is 30.0. The highest BCUT2D eigenvalue weighted by Gasteiger charge is 2.26. The summed E-state index contributed by atoms with van der Waals surface area (Å²) in [5, 5.41) is 16.2. The fourth-order valence-electron chi connectivity index (χ4n) is 7.10. The standard InChI is InChI=1S/C43H48ClN5O5S2/c1-47(2)25-24-37(30-55-38-9-4-3-5-10-38)45-41-21-20-39(28-42(41)49(51)52)56(53,54)46-43(50)34-14-12-31(13-15-34)32-22-26-48(27-23-32)29-35-8-6-7-11-40(35)33-16-18-36(44)19-17-33/h3-5,9-10,12-22,28,37,45H,6-8,11,23-27,29-30H2,1-2H3,(H,46,50)/t37-/m1/s1. The highest BCUT2D eigenvalue weighted by atomic mass is 35.5. The Morgan fingerprint density at radius 2 is 1.66 bits per heavy atom. The minimum Gasteiger partial charge on any atom is -0.376 e. The summed E-state index contributed by atoms with van der Waals surface area (Å²) in [5.74, 6) is -0.172. The van der Waals surface area contributed by atoms with Crippen molar-refractivity contribution >= 4 is 61.8 Å². The Morgan fingerprint density at radius 1 is 0.946 bits per heavy atom. The van der Waals surface area contributed by atoms with Gasteiger partial charge in [0, 0.05) is 53.0 Å². The molecule has 10 nitrogen and oxygen atoms in total. The Hall–Kier alpha value is -4.46. The van der Waals surface area contributed by atoms with E-state index >= 15 is 0 Å². The van der Waals surface area contributed by atoms with Gasteiger partial charge in [-0.25, -0.2) is 13.1 Å². The van der Waals surface area contributed by atoms with Crippen LogP contribution in [0.25, 0.3) is 11.1 Å². The third-order valence-corrected chi connectivity index (χ3v) is 12.9. The summed E-state index contributed by atoms with van der Waals surface area (Å²) >= 11 is 7.78. The molecule has 4 aromatic carbocycles. The number of nitrogens with one attached hydrogen (secondary N) is 2. The third-order valence-electron chi connectivity index (χ3n) is 10.2. The van der Waals surface area contributed by atoms with Gasteiger partial charge >= 0.3 is 0 Å². The van der Waals surface area contributed by atoms with Crippen molar-refractivity contribution in [3.05, 3.63) is 141 Å². The molecule has 0 saturated heterocycles. The number of hydrogen-bond donors (Lipinski definition) is 2. The Balaban J connectivity index is 1.08. The van der Waals surface area contributed by atoms with E-state index < -0.39 is 20.9 Å². The first-order valence-corrected chi connectivity index (χ1v) is 21.7. The van der Waals surface area contributed by atoms with Crippen LogP contribution in [-0.2, 0) is 10.0 Å². The number of nitro benzene ring substituents is 1. The fraction of sp³-hybridized carbons (Fsp3) is 0.326. The van der Waals surface area contributed by atoms with Gasteiger partial charge in [0.25, 0.3) is 21.6 Å². The van der Waals surface area contributed by atoms with Gasteiger partial charge in [-0.15, -0.1) is 11.8 Å². The number of hydrogen-bond acceptors (Lipinski definition) is 9. The lowest BCUT2D eigenvalue weighted by Crippen LogP contribution is -2.31. The first kappa shape index (κ1) is 41.2. The van der Waals surface area contributed by atoms with Gasteiger partial charge in [-0.2, -0.15) is 0 Å². The number of anilines is 1. The lowest BCUT2D eigenvalue weighted by Gasteiger charge is -2.30. The van der Waals surface area contributed by atoms with Crippen molar-refractivity contribution in [1.82, 2.24) is 14.5 Å². The van der Waals surface area contributed by atoms with Gasteiger partial charge in [0.1, 0.15) is 5.69 Å². The van der Waals surface area contributed by atoms with Gasteiger partial charge in [0.05, 0.1) is 9.82 Å². The van der Waals surface area contributed by atoms with E-state index in [9.17, 15) is 23.3 Å². The Morgan fingerprint density at radius 3 is 2.34 bits per heavy atom. The fourth-order valence-corrected chi connectivity index (χ4v) is 9.21. The number of nitro groups is 1. The maximum absolute atomic E-state index is 13.4. The van der Waals surface area contributed by atoms with Crippen molar-refractivity contribution in [2.75, 3.05) is 51.3 Å². The average Bonchev–Trinajstić information content (AvgIpc) is 3.20. The van der Waals surface area contributed by atoms with E-state index in [-0.39, 0.29) is 27.9 Å². The van der Waals surface area contributed by atoms with Crippen LogP contribution in [0.3, 0.4) is 0 Å². The van der Waals surface area contributed by atoms with Crippen LogP contribution in [0.2, 0.25) is 5.02 Å². The summed E-state index contributed by atoms with van der Waals surface area (Å²) in [6.07, 6.45) is 8.40. The van der Waals surface area contributed by atoms with Crippen LogP contribution in [0.15, 0.2) is 119 Å². The van der Waals surface area contributed by atoms with Crippen molar-refractivity contribution in [1.29, 1.82) is 0 Å². The number of rotatable bonds is 16. The van der Waals surface area contributed by atoms with Crippen molar-refractivity contribution < 1.29 is 18.1 Å². The zero-order valence-electron chi connectivity index (χ0n) is 31.7. The van der Waals surface area contributed by atoms with E-state index in [0.29, 0.717) is 12.2 Å². The molecule has 6 rings (SSSR count). The van der Waals surface area contributed by atoms with Crippen molar-refractivity contribution in [3.63, 3.8) is 0 Å². The molecule has 0 bridgehead atoms. The number of amides is 1. The van der Waals surface area contributed by atoms with Crippen LogP contribution in [0, 0.1) is 10.1 Å². The molecule has 13 heteroatoms. The van der Waals surface area contributed by atoms with E-state index in [1.807, 2.05) is 73.6 Å². The highest BCUT2D eigenvalue weighted by Crippen LogP contribution is 2.35. The number of thioether (sulfide) groups is 1. The van der Waals surface area contributed by atoms with Gasteiger partial charge in [0.15, 0.2) is 0 Å². The second kappa shape index (κ2) is 19.1. The number of sulfonamides is 1. The zero-order valence-corrected chi connectivity index (χ0v) is 34.1. The molecule has 0 fully saturated rings. The number of benzene rings is 4. The summed E-state index contributed by atoms with van der Waals surface area (Å²) < 4.78 is 28.8. The van der Waals surface area contributed by atoms with Crippen LogP contribution in [0.1, 0.15) is 60.0 Å². The topological polar surface area (TPSA) is 125 Å². The van der Waals surface area contributed by atoms with Crippen LogP contribution < -0.4 is 10.0 Å². The van der Waals surface area contributed by atoms with Crippen LogP contribution in [0.4, 0.5) is 11.4 Å². The summed E-state index contributed by atoms with van der Waals surface area (Å²) in [6, 6.07) is 28.5. The SMILES string of the molecule is CN(C)CC[C@H](CSc1ccccc1)Nc1ccc(S(=O)(=O)NC(=O)c2ccc(C3=CCN(CC4=C(c5ccc(Cl)cc5)CCCC4)CC3)cc2)cc1[N+](=O)[O-]. The van der Waals surface area contributed by atoms with Crippen LogP contribution in [0.5, 0.6) is 0 Å². The largest absolute Gasteiger partial charge is 0.376 e. The molecule has 56 heavy (non-hydrogen) atoms. The van der Waals surface area contributed by atoms with E-state index in [2.05, 4.69) is 33.1 Å². The Bertz CT molecular complexity index is 2180. The second-order valence-corrected chi connectivity index (χ2v) is 17.7. The molecule has 4 aromatic rings. The van der Waals surface area contributed by atoms with Crippen molar-refractivity contribution in [3.8, 4) is 0 Å². The third kappa shape index (κ3) is 11.1. The molecule has 0 saturated carbocycles. The number of carbonyl (C=O) groups is 1. The zero-order chi connectivity index (χ0) is 39.7. The van der Waals surface area contributed by atoms with Crippen molar-refractivity contribution in [2.24, 2.45) is 0 Å². The number of halogens is 1. The Kier molecular flexibility index (Phi) is 14.1. The minimum atomic E-state index is -4.42. The highest BCUT2D eigenvalue weighted by molar-refractivity contribution is 7.99. The smallest absolute Gasteiger partial charge is 0.293 e. The monoisotopic (exact) mass is 813 g/mol. The molecule has 0 spiro atoms. The molecule has 1 atom stereocenters. The predicted molar refractivity (Wildman–Crippen MR) is 228 cm³/mol. The molecule has 1 aliphatic heterocycles. The van der Waals surface area contributed by atoms with Gasteiger partial charge in [-0.3, -0.25) is 19.8 Å². The lowest BCUT2D eigenvalue weighted by molar-refractivity contribution is -0.384. The molecule has 1 amide bonds. The van der Waals surface area contributed by atoms with Gasteiger partial charge in [-0.1, -0.05) is 65.7 Å². The van der Waals surface area contributed by atoms with E-state index in [4.69, 9.17) is 11.6 Å². The second-order valence-electron chi connectivity index (χ2n) is 14.5. The van der Waals surface area contributed by atoms with E-state index in [1.165, 1.54) is 47.3 Å². The van der Waals surface area contributed by atoms with Crippen LogP contribution in [-0.4, -0.2) is 81.1 Å². The molecule has 1 aliphatic carbocycles. The van der Waals surface area contributed by atoms with Crippen LogP contribution >= 0.6 is 23.4 Å². The quantitative estimate of drug-likeness (QED) is 0.0648. The first-order chi connectivity index (χ1) is 26.9. The van der Waals surface area contributed by atoms with Crippen molar-refractivity contribution in [2.45, 2.75) is 54.4 Å². The average molecular weight is 814 g/mol. The molecule has 0 aromatic heterocycles. The van der Waals surface area contributed by atoms with E-state index in [0.717, 1.165) is 67.0 Å². The predicted octanol–water partition coefficient (Wildman–Crippen LogP) is 9.01. The van der Waals surface area contributed by atoms with Gasteiger partial charge in [-0.05, 0) is 130 Å². The molecular weight excluding hydrogens is 766 g/mol.